The van der Waals surface area contributed by atoms with Crippen LogP contribution in [0.25, 0.3) is 6.08 Å². The predicted molar refractivity (Wildman–Crippen MR) is 97.7 cm³/mol. The number of pyridine rings is 1. The molecule has 124 valence electrons. The molecular weight excluding hydrogens is 368 g/mol. The van der Waals surface area contributed by atoms with Crippen molar-refractivity contribution in [1.29, 1.82) is 0 Å². The number of rotatable bonds is 4. The van der Waals surface area contributed by atoms with Gasteiger partial charge < -0.3 is 9.64 Å². The number of amides is 1. The molecule has 0 spiro atoms. The van der Waals surface area contributed by atoms with Crippen molar-refractivity contribution in [2.24, 2.45) is 0 Å². The first-order chi connectivity index (χ1) is 11.7. The Balaban J connectivity index is 1.78. The van der Waals surface area contributed by atoms with E-state index in [1.54, 1.807) is 25.6 Å². The van der Waals surface area contributed by atoms with Gasteiger partial charge in [-0.05, 0) is 54.8 Å². The Kier molecular flexibility index (Phi) is 5.30. The van der Waals surface area contributed by atoms with E-state index in [1.165, 1.54) is 0 Å². The lowest BCUT2D eigenvalue weighted by atomic mass is 10.1. The van der Waals surface area contributed by atoms with E-state index in [9.17, 15) is 4.79 Å². The molecule has 0 radical (unpaired) electrons. The van der Waals surface area contributed by atoms with Crippen LogP contribution in [0.5, 0.6) is 5.75 Å². The normalized spacial score (nSPS) is 17.4. The highest BCUT2D eigenvalue weighted by Gasteiger charge is 2.28. The predicted octanol–water partition coefficient (Wildman–Crippen LogP) is 4.23. The minimum Gasteiger partial charge on any atom is -0.496 e. The third-order valence-corrected chi connectivity index (χ3v) is 4.72. The van der Waals surface area contributed by atoms with Crippen LogP contribution in [-0.2, 0) is 4.79 Å². The molecule has 24 heavy (non-hydrogen) atoms. The largest absolute Gasteiger partial charge is 0.496 e. The summed E-state index contributed by atoms with van der Waals surface area (Å²) in [4.78, 5) is 18.6. The molecule has 1 unspecified atom stereocenters. The molecule has 1 fully saturated rings. The highest BCUT2D eigenvalue weighted by Crippen LogP contribution is 2.32. The molecular formula is C19H19BrN2O2. The molecule has 1 amide bonds. The average molecular weight is 387 g/mol. The summed E-state index contributed by atoms with van der Waals surface area (Å²) in [6.07, 6.45) is 9.01. The Labute approximate surface area is 150 Å². The smallest absolute Gasteiger partial charge is 0.247 e. The fraction of sp³-hybridized carbons (Fsp3) is 0.263. The number of hydrogen-bond donors (Lipinski definition) is 0. The molecule has 2 heterocycles. The molecule has 3 rings (SSSR count). The molecule has 1 atom stereocenters. The van der Waals surface area contributed by atoms with Crippen molar-refractivity contribution in [1.82, 2.24) is 9.88 Å². The van der Waals surface area contributed by atoms with Crippen LogP contribution in [0, 0.1) is 0 Å². The average Bonchev–Trinajstić information content (AvgIpc) is 3.10. The van der Waals surface area contributed by atoms with Crippen LogP contribution in [0.1, 0.15) is 30.0 Å². The molecule has 0 N–H and O–H groups in total. The van der Waals surface area contributed by atoms with E-state index in [1.807, 2.05) is 41.3 Å². The zero-order chi connectivity index (χ0) is 16.9. The van der Waals surface area contributed by atoms with Crippen LogP contribution in [0.3, 0.4) is 0 Å². The summed E-state index contributed by atoms with van der Waals surface area (Å²) in [7, 11) is 1.63. The van der Waals surface area contributed by atoms with Gasteiger partial charge in [-0.15, -0.1) is 0 Å². The first-order valence-electron chi connectivity index (χ1n) is 7.91. The fourth-order valence-corrected chi connectivity index (χ4v) is 3.43. The van der Waals surface area contributed by atoms with Crippen LogP contribution >= 0.6 is 15.9 Å². The zero-order valence-corrected chi connectivity index (χ0v) is 15.1. The summed E-state index contributed by atoms with van der Waals surface area (Å²) < 4.78 is 6.29. The minimum absolute atomic E-state index is 0.0244. The second-order valence-corrected chi connectivity index (χ2v) is 6.61. The number of halogens is 1. The van der Waals surface area contributed by atoms with Gasteiger partial charge in [0.15, 0.2) is 0 Å². The fourth-order valence-electron chi connectivity index (χ4n) is 3.05. The number of nitrogens with zero attached hydrogens (tertiary/aromatic N) is 2. The maximum atomic E-state index is 12.7. The third kappa shape index (κ3) is 3.67. The molecule has 1 saturated heterocycles. The summed E-state index contributed by atoms with van der Waals surface area (Å²) in [5.74, 6) is 0.769. The molecule has 1 aromatic heterocycles. The van der Waals surface area contributed by atoms with Crippen molar-refractivity contribution in [2.75, 3.05) is 13.7 Å². The summed E-state index contributed by atoms with van der Waals surface area (Å²) in [5, 5.41) is 0. The standard InChI is InChI=1S/C19H19BrN2O2/c1-24-18-6-5-16(20)13-15(18)4-7-19(23)22-12-2-3-17(22)14-8-10-21-11-9-14/h4-11,13,17H,2-3,12H2,1H3. The van der Waals surface area contributed by atoms with Gasteiger partial charge in [-0.3, -0.25) is 9.78 Å². The lowest BCUT2D eigenvalue weighted by molar-refractivity contribution is -0.126. The Morgan fingerprint density at radius 3 is 2.88 bits per heavy atom. The summed E-state index contributed by atoms with van der Waals surface area (Å²) in [6.45, 7) is 0.784. The van der Waals surface area contributed by atoms with Gasteiger partial charge in [-0.2, -0.15) is 0 Å². The maximum Gasteiger partial charge on any atom is 0.247 e. The number of likely N-dealkylation sites (tertiary alicyclic amines) is 1. The molecule has 5 heteroatoms. The van der Waals surface area contributed by atoms with E-state index in [2.05, 4.69) is 20.9 Å². The SMILES string of the molecule is COc1ccc(Br)cc1C=CC(=O)N1CCCC1c1ccncc1. The van der Waals surface area contributed by atoms with E-state index >= 15 is 0 Å². The second-order valence-electron chi connectivity index (χ2n) is 5.69. The van der Waals surface area contributed by atoms with Crippen molar-refractivity contribution >= 4 is 27.9 Å². The molecule has 4 nitrogen and oxygen atoms in total. The minimum atomic E-state index is 0.0244. The van der Waals surface area contributed by atoms with Gasteiger partial charge in [-0.1, -0.05) is 15.9 Å². The summed E-state index contributed by atoms with van der Waals surface area (Å²) in [5.41, 5.74) is 2.02. The number of ether oxygens (including phenoxy) is 1. The van der Waals surface area contributed by atoms with Crippen LogP contribution in [0.15, 0.2) is 53.3 Å². The number of benzene rings is 1. The van der Waals surface area contributed by atoms with E-state index in [0.29, 0.717) is 0 Å². The molecule has 2 aromatic rings. The monoisotopic (exact) mass is 386 g/mol. The Bertz CT molecular complexity index is 746. The third-order valence-electron chi connectivity index (χ3n) is 4.22. The van der Waals surface area contributed by atoms with Crippen LogP contribution < -0.4 is 4.74 Å². The van der Waals surface area contributed by atoms with E-state index in [0.717, 1.165) is 40.7 Å². The maximum absolute atomic E-state index is 12.7. The van der Waals surface area contributed by atoms with Crippen LogP contribution in [-0.4, -0.2) is 29.4 Å². The van der Waals surface area contributed by atoms with Crippen LogP contribution in [0.2, 0.25) is 0 Å². The molecule has 0 saturated carbocycles. The number of hydrogen-bond acceptors (Lipinski definition) is 3. The van der Waals surface area contributed by atoms with Gasteiger partial charge in [0.05, 0.1) is 13.2 Å². The lowest BCUT2D eigenvalue weighted by Gasteiger charge is -2.23. The Morgan fingerprint density at radius 1 is 1.33 bits per heavy atom. The quantitative estimate of drug-likeness (QED) is 0.738. The number of carbonyl (C=O) groups is 1. The van der Waals surface area contributed by atoms with Crippen molar-refractivity contribution in [3.05, 3.63) is 64.4 Å². The van der Waals surface area contributed by atoms with Crippen molar-refractivity contribution in [3.8, 4) is 5.75 Å². The number of methoxy groups -OCH3 is 1. The van der Waals surface area contributed by atoms with Gasteiger partial charge in [0.25, 0.3) is 0 Å². The lowest BCUT2D eigenvalue weighted by Crippen LogP contribution is -2.28. The Hall–Kier alpha value is -2.14. The zero-order valence-electron chi connectivity index (χ0n) is 13.5. The molecule has 1 aliphatic heterocycles. The van der Waals surface area contributed by atoms with E-state index in [4.69, 9.17) is 4.74 Å². The number of aromatic nitrogens is 1. The second kappa shape index (κ2) is 7.62. The van der Waals surface area contributed by atoms with Gasteiger partial charge in [0.1, 0.15) is 5.75 Å². The van der Waals surface area contributed by atoms with E-state index in [-0.39, 0.29) is 11.9 Å². The topological polar surface area (TPSA) is 42.4 Å². The van der Waals surface area contributed by atoms with Gasteiger partial charge in [-0.25, -0.2) is 0 Å². The molecule has 0 aliphatic carbocycles. The van der Waals surface area contributed by atoms with Gasteiger partial charge >= 0.3 is 0 Å². The van der Waals surface area contributed by atoms with Gasteiger partial charge in [0.2, 0.25) is 5.91 Å². The molecule has 0 bridgehead atoms. The van der Waals surface area contributed by atoms with Gasteiger partial charge in [0, 0.05) is 35.1 Å². The van der Waals surface area contributed by atoms with Crippen molar-refractivity contribution in [2.45, 2.75) is 18.9 Å². The highest BCUT2D eigenvalue weighted by atomic mass is 79.9. The van der Waals surface area contributed by atoms with E-state index < -0.39 is 0 Å². The number of carbonyl (C=O) groups excluding carboxylic acids is 1. The summed E-state index contributed by atoms with van der Waals surface area (Å²) in [6, 6.07) is 9.83. The highest BCUT2D eigenvalue weighted by molar-refractivity contribution is 9.10. The van der Waals surface area contributed by atoms with Crippen molar-refractivity contribution in [3.63, 3.8) is 0 Å². The first-order valence-corrected chi connectivity index (χ1v) is 8.70. The van der Waals surface area contributed by atoms with Crippen molar-refractivity contribution < 1.29 is 9.53 Å². The molecule has 1 aromatic carbocycles. The first kappa shape index (κ1) is 16.7. The summed E-state index contributed by atoms with van der Waals surface area (Å²) >= 11 is 3.45. The molecule has 1 aliphatic rings. The Morgan fingerprint density at radius 2 is 2.12 bits per heavy atom. The van der Waals surface area contributed by atoms with Crippen LogP contribution in [0.4, 0.5) is 0 Å².